The van der Waals surface area contributed by atoms with Crippen LogP contribution in [0.15, 0.2) is 0 Å². The summed E-state index contributed by atoms with van der Waals surface area (Å²) in [6, 6.07) is 0.660. The number of carbonyl (C=O) groups excluding carboxylic acids is 2. The van der Waals surface area contributed by atoms with Crippen LogP contribution in [-0.4, -0.2) is 58.0 Å². The fourth-order valence-electron chi connectivity index (χ4n) is 8.58. The molecule has 2 atom stereocenters. The second kappa shape index (κ2) is 10.1. The molecule has 2 heterocycles. The summed E-state index contributed by atoms with van der Waals surface area (Å²) in [5.74, 6) is 2.13. The van der Waals surface area contributed by atoms with Gasteiger partial charge in [-0.15, -0.1) is 0 Å². The van der Waals surface area contributed by atoms with E-state index in [1.807, 2.05) is 0 Å². The van der Waals surface area contributed by atoms with E-state index in [1.54, 1.807) is 0 Å². The second-order valence-electron chi connectivity index (χ2n) is 15.5. The minimum absolute atomic E-state index is 0.0156. The van der Waals surface area contributed by atoms with Crippen LogP contribution in [0.3, 0.4) is 0 Å². The SMILES string of the molecule is CN1C(C)(C)CC(C(=O)NC2CCC(C3CCC(NC(=O)C4CC(C)(C)NC4(C)C)CC3)CC2)C1(C)C. The highest BCUT2D eigenvalue weighted by Gasteiger charge is 2.52. The summed E-state index contributed by atoms with van der Waals surface area (Å²) in [6.07, 6.45) is 11.2. The molecular weight excluding hydrogens is 460 g/mol. The molecule has 2 aliphatic carbocycles. The molecule has 6 nitrogen and oxygen atoms in total. The van der Waals surface area contributed by atoms with Crippen molar-refractivity contribution in [2.75, 3.05) is 7.05 Å². The lowest BCUT2D eigenvalue weighted by molar-refractivity contribution is -0.128. The zero-order chi connectivity index (χ0) is 27.4. The van der Waals surface area contributed by atoms with Crippen LogP contribution in [0, 0.1) is 23.7 Å². The minimum Gasteiger partial charge on any atom is -0.353 e. The molecule has 2 amide bonds. The van der Waals surface area contributed by atoms with Gasteiger partial charge in [0.2, 0.25) is 11.8 Å². The molecule has 0 radical (unpaired) electrons. The molecule has 0 aromatic heterocycles. The molecule has 4 aliphatic rings. The summed E-state index contributed by atoms with van der Waals surface area (Å²) in [4.78, 5) is 28.8. The van der Waals surface area contributed by atoms with Crippen LogP contribution in [0.2, 0.25) is 0 Å². The Morgan fingerprint density at radius 1 is 0.676 bits per heavy atom. The van der Waals surface area contributed by atoms with Gasteiger partial charge in [-0.05, 0) is 138 Å². The molecule has 0 spiro atoms. The third-order valence-electron chi connectivity index (χ3n) is 11.1. The van der Waals surface area contributed by atoms with Gasteiger partial charge in [0.25, 0.3) is 0 Å². The molecule has 4 rings (SSSR count). The van der Waals surface area contributed by atoms with E-state index < -0.39 is 0 Å². The van der Waals surface area contributed by atoms with E-state index in [0.29, 0.717) is 12.1 Å². The van der Waals surface area contributed by atoms with Crippen LogP contribution in [0.25, 0.3) is 0 Å². The Kier molecular flexibility index (Phi) is 7.89. The maximum absolute atomic E-state index is 13.3. The van der Waals surface area contributed by atoms with Gasteiger partial charge >= 0.3 is 0 Å². The third-order valence-corrected chi connectivity index (χ3v) is 11.1. The van der Waals surface area contributed by atoms with Gasteiger partial charge < -0.3 is 16.0 Å². The fraction of sp³-hybridized carbons (Fsp3) is 0.935. The Morgan fingerprint density at radius 3 is 1.46 bits per heavy atom. The van der Waals surface area contributed by atoms with E-state index in [4.69, 9.17) is 0 Å². The number of hydrogen-bond acceptors (Lipinski definition) is 4. The zero-order valence-electron chi connectivity index (χ0n) is 25.3. The smallest absolute Gasteiger partial charge is 0.225 e. The van der Waals surface area contributed by atoms with Crippen molar-refractivity contribution >= 4 is 11.8 Å². The second-order valence-corrected chi connectivity index (χ2v) is 15.5. The lowest BCUT2D eigenvalue weighted by Gasteiger charge is -2.40. The lowest BCUT2D eigenvalue weighted by Crippen LogP contribution is -2.51. The largest absolute Gasteiger partial charge is 0.353 e. The van der Waals surface area contributed by atoms with Gasteiger partial charge in [0.05, 0.1) is 11.8 Å². The van der Waals surface area contributed by atoms with Gasteiger partial charge in [0.1, 0.15) is 0 Å². The number of rotatable bonds is 5. The van der Waals surface area contributed by atoms with Gasteiger partial charge in [0.15, 0.2) is 0 Å². The molecule has 2 aliphatic heterocycles. The molecule has 2 unspecified atom stereocenters. The van der Waals surface area contributed by atoms with E-state index in [-0.39, 0.29) is 45.8 Å². The van der Waals surface area contributed by atoms with Gasteiger partial charge in [-0.25, -0.2) is 0 Å². The molecule has 3 N–H and O–H groups in total. The Labute approximate surface area is 226 Å². The highest BCUT2D eigenvalue weighted by atomic mass is 16.2. The van der Waals surface area contributed by atoms with Crippen molar-refractivity contribution in [1.29, 1.82) is 0 Å². The van der Waals surface area contributed by atoms with Crippen LogP contribution in [0.5, 0.6) is 0 Å². The van der Waals surface area contributed by atoms with Crippen molar-refractivity contribution in [3.63, 3.8) is 0 Å². The predicted octanol–water partition coefficient (Wildman–Crippen LogP) is 5.01. The average molecular weight is 517 g/mol. The topological polar surface area (TPSA) is 73.5 Å². The molecule has 2 saturated carbocycles. The minimum atomic E-state index is -0.154. The Bertz CT molecular complexity index is 847. The molecule has 37 heavy (non-hydrogen) atoms. The number of hydrogen-bond donors (Lipinski definition) is 3. The first-order valence-electron chi connectivity index (χ1n) is 15.2. The van der Waals surface area contributed by atoms with Crippen molar-refractivity contribution in [3.05, 3.63) is 0 Å². The number of likely N-dealkylation sites (tertiary alicyclic amines) is 1. The van der Waals surface area contributed by atoms with E-state index in [0.717, 1.165) is 50.4 Å². The van der Waals surface area contributed by atoms with Crippen LogP contribution < -0.4 is 16.0 Å². The van der Waals surface area contributed by atoms with Crippen molar-refractivity contribution < 1.29 is 9.59 Å². The number of amides is 2. The highest BCUT2D eigenvalue weighted by Crippen LogP contribution is 2.44. The van der Waals surface area contributed by atoms with Crippen molar-refractivity contribution in [3.8, 4) is 0 Å². The maximum Gasteiger partial charge on any atom is 0.225 e. The average Bonchev–Trinajstić information content (AvgIpc) is 3.13. The maximum atomic E-state index is 13.3. The third kappa shape index (κ3) is 6.05. The summed E-state index contributed by atoms with van der Waals surface area (Å²) in [5.41, 5.74) is -0.193. The molecule has 212 valence electrons. The van der Waals surface area contributed by atoms with Crippen molar-refractivity contribution in [2.45, 2.75) is 154 Å². The van der Waals surface area contributed by atoms with Crippen LogP contribution in [0.1, 0.15) is 120 Å². The fourth-order valence-corrected chi connectivity index (χ4v) is 8.58. The molecule has 0 bridgehead atoms. The van der Waals surface area contributed by atoms with Crippen LogP contribution in [-0.2, 0) is 9.59 Å². The molecule has 6 heteroatoms. The molecular formula is C31H56N4O2. The van der Waals surface area contributed by atoms with Gasteiger partial charge in [-0.2, -0.15) is 0 Å². The van der Waals surface area contributed by atoms with Crippen molar-refractivity contribution in [2.24, 2.45) is 23.7 Å². The van der Waals surface area contributed by atoms with Crippen LogP contribution in [0.4, 0.5) is 0 Å². The highest BCUT2D eigenvalue weighted by molar-refractivity contribution is 5.81. The summed E-state index contributed by atoms with van der Waals surface area (Å²) in [6.45, 7) is 17.7. The zero-order valence-corrected chi connectivity index (χ0v) is 25.3. The summed E-state index contributed by atoms with van der Waals surface area (Å²) >= 11 is 0. The van der Waals surface area contributed by atoms with E-state index in [2.05, 4.69) is 83.3 Å². The summed E-state index contributed by atoms with van der Waals surface area (Å²) in [7, 11) is 2.16. The summed E-state index contributed by atoms with van der Waals surface area (Å²) < 4.78 is 0. The lowest BCUT2D eigenvalue weighted by atomic mass is 9.71. The monoisotopic (exact) mass is 516 g/mol. The van der Waals surface area contributed by atoms with E-state index >= 15 is 0 Å². The standard InChI is InChI=1S/C31H56N4O2/c1-28(2)18-24(30(5,6)34-28)26(36)32-22-14-10-20(11-15-22)21-12-16-23(17-13-21)33-27(37)25-19-29(3,4)35(9)31(25,7)8/h20-25,34H,10-19H2,1-9H3,(H,32,36)(H,33,37). The van der Waals surface area contributed by atoms with Gasteiger partial charge in [0, 0.05) is 34.2 Å². The molecule has 0 aromatic carbocycles. The molecule has 2 saturated heterocycles. The van der Waals surface area contributed by atoms with Crippen molar-refractivity contribution in [1.82, 2.24) is 20.9 Å². The number of nitrogens with zero attached hydrogens (tertiary/aromatic N) is 1. The molecule has 0 aromatic rings. The van der Waals surface area contributed by atoms with Crippen LogP contribution >= 0.6 is 0 Å². The number of nitrogens with one attached hydrogen (secondary N) is 3. The Hall–Kier alpha value is -1.14. The number of carbonyl (C=O) groups is 2. The Balaban J connectivity index is 1.20. The van der Waals surface area contributed by atoms with E-state index in [1.165, 1.54) is 25.7 Å². The first-order chi connectivity index (χ1) is 17.0. The first-order valence-corrected chi connectivity index (χ1v) is 15.2. The van der Waals surface area contributed by atoms with Gasteiger partial charge in [-0.1, -0.05) is 0 Å². The Morgan fingerprint density at radius 2 is 1.11 bits per heavy atom. The predicted molar refractivity (Wildman–Crippen MR) is 151 cm³/mol. The van der Waals surface area contributed by atoms with Gasteiger partial charge in [-0.3, -0.25) is 14.5 Å². The normalized spacial score (nSPS) is 38.7. The first kappa shape index (κ1) is 28.9. The summed E-state index contributed by atoms with van der Waals surface area (Å²) in [5, 5.41) is 10.5. The quantitative estimate of drug-likeness (QED) is 0.480. The molecule has 4 fully saturated rings. The van der Waals surface area contributed by atoms with E-state index in [9.17, 15) is 9.59 Å².